The summed E-state index contributed by atoms with van der Waals surface area (Å²) in [5.41, 5.74) is -1.06. The van der Waals surface area contributed by atoms with E-state index in [1.165, 1.54) is 0 Å². The van der Waals surface area contributed by atoms with E-state index in [0.29, 0.717) is 13.0 Å². The fourth-order valence-corrected chi connectivity index (χ4v) is 3.26. The molecule has 0 radical (unpaired) electrons. The molecule has 1 spiro atoms. The van der Waals surface area contributed by atoms with E-state index >= 15 is 0 Å². The molecular formula is C15H25NO3. The van der Waals surface area contributed by atoms with Crippen molar-refractivity contribution in [2.45, 2.75) is 76.9 Å². The third-order valence-corrected chi connectivity index (χ3v) is 4.12. The summed E-state index contributed by atoms with van der Waals surface area (Å²) >= 11 is 0. The summed E-state index contributed by atoms with van der Waals surface area (Å²) in [7, 11) is 0. The number of carbonyl (C=O) groups excluding carboxylic acids is 2. The molecule has 1 saturated heterocycles. The molecule has 2 rings (SSSR count). The molecule has 1 heterocycles. The Labute approximate surface area is 115 Å². The lowest BCUT2D eigenvalue weighted by Crippen LogP contribution is -2.61. The normalized spacial score (nSPS) is 23.5. The number of piperidine rings is 1. The first-order valence-electron chi connectivity index (χ1n) is 7.39. The quantitative estimate of drug-likeness (QED) is 0.676. The molecule has 2 fully saturated rings. The van der Waals surface area contributed by atoms with Gasteiger partial charge >= 0.3 is 6.09 Å². The molecule has 0 aromatic rings. The topological polar surface area (TPSA) is 46.6 Å². The zero-order valence-corrected chi connectivity index (χ0v) is 12.3. The van der Waals surface area contributed by atoms with Crippen LogP contribution in [0.3, 0.4) is 0 Å². The number of nitrogens with zero attached hydrogens (tertiary/aromatic N) is 1. The Hall–Kier alpha value is -1.06. The Bertz CT molecular complexity index is 364. The van der Waals surface area contributed by atoms with Crippen molar-refractivity contribution in [3.05, 3.63) is 0 Å². The van der Waals surface area contributed by atoms with Crippen molar-refractivity contribution in [2.24, 2.45) is 0 Å². The van der Waals surface area contributed by atoms with E-state index < -0.39 is 11.1 Å². The van der Waals surface area contributed by atoms with Crippen LogP contribution in [0, 0.1) is 0 Å². The average molecular weight is 267 g/mol. The lowest BCUT2D eigenvalue weighted by Gasteiger charge is -2.47. The number of rotatable bonds is 0. The molecule has 0 aromatic heterocycles. The fourth-order valence-electron chi connectivity index (χ4n) is 3.26. The van der Waals surface area contributed by atoms with E-state index in [0.717, 1.165) is 38.5 Å². The molecular weight excluding hydrogens is 242 g/mol. The zero-order chi connectivity index (χ0) is 14.1. The van der Waals surface area contributed by atoms with Crippen LogP contribution in [0.4, 0.5) is 4.79 Å². The van der Waals surface area contributed by atoms with Gasteiger partial charge in [-0.25, -0.2) is 4.79 Å². The van der Waals surface area contributed by atoms with Gasteiger partial charge in [0.2, 0.25) is 0 Å². The second-order valence-electron chi connectivity index (χ2n) is 6.75. The monoisotopic (exact) mass is 267 g/mol. The predicted octanol–water partition coefficient (Wildman–Crippen LogP) is 3.29. The Kier molecular flexibility index (Phi) is 3.88. The summed E-state index contributed by atoms with van der Waals surface area (Å²) in [5.74, 6) is 0.240. The van der Waals surface area contributed by atoms with Crippen molar-refractivity contribution >= 4 is 11.9 Å². The van der Waals surface area contributed by atoms with Crippen LogP contribution in [0.15, 0.2) is 0 Å². The van der Waals surface area contributed by atoms with Crippen molar-refractivity contribution in [1.82, 2.24) is 4.90 Å². The molecule has 108 valence electrons. The number of ketones is 1. The lowest BCUT2D eigenvalue weighted by molar-refractivity contribution is -0.137. The highest BCUT2D eigenvalue weighted by Gasteiger charge is 2.49. The average Bonchev–Trinajstić information content (AvgIpc) is 2.32. The number of amides is 1. The van der Waals surface area contributed by atoms with Gasteiger partial charge in [-0.15, -0.1) is 0 Å². The van der Waals surface area contributed by atoms with Crippen LogP contribution in [0.2, 0.25) is 0 Å². The summed E-state index contributed by atoms with van der Waals surface area (Å²) in [6.45, 7) is 6.25. The van der Waals surface area contributed by atoms with Crippen molar-refractivity contribution in [2.75, 3.05) is 6.54 Å². The highest BCUT2D eigenvalue weighted by molar-refractivity contribution is 5.92. The van der Waals surface area contributed by atoms with Crippen LogP contribution in [-0.2, 0) is 9.53 Å². The highest BCUT2D eigenvalue weighted by Crippen LogP contribution is 2.39. The molecule has 1 amide bonds. The van der Waals surface area contributed by atoms with Crippen LogP contribution >= 0.6 is 0 Å². The molecule has 19 heavy (non-hydrogen) atoms. The summed E-state index contributed by atoms with van der Waals surface area (Å²) < 4.78 is 5.49. The Morgan fingerprint density at radius 3 is 2.37 bits per heavy atom. The maximum absolute atomic E-state index is 12.4. The molecule has 1 aliphatic heterocycles. The number of hydrogen-bond acceptors (Lipinski definition) is 3. The highest BCUT2D eigenvalue weighted by atomic mass is 16.6. The maximum atomic E-state index is 12.4. The van der Waals surface area contributed by atoms with Gasteiger partial charge in [0.25, 0.3) is 0 Å². The van der Waals surface area contributed by atoms with E-state index in [1.807, 2.05) is 20.8 Å². The van der Waals surface area contributed by atoms with Gasteiger partial charge in [-0.1, -0.05) is 19.3 Å². The van der Waals surface area contributed by atoms with Gasteiger partial charge in [0.15, 0.2) is 5.78 Å². The maximum Gasteiger partial charge on any atom is 0.411 e. The predicted molar refractivity (Wildman–Crippen MR) is 73.0 cm³/mol. The summed E-state index contributed by atoms with van der Waals surface area (Å²) in [5, 5.41) is 0. The van der Waals surface area contributed by atoms with Crippen molar-refractivity contribution < 1.29 is 14.3 Å². The van der Waals surface area contributed by atoms with Crippen LogP contribution in [0.25, 0.3) is 0 Å². The molecule has 0 N–H and O–H groups in total. The molecule has 2 aliphatic rings. The number of Topliss-reactive ketones (excluding diaryl/α,β-unsaturated/α-hetero) is 1. The molecule has 0 unspecified atom stereocenters. The van der Waals surface area contributed by atoms with Gasteiger partial charge in [-0.2, -0.15) is 0 Å². The number of hydrogen-bond donors (Lipinski definition) is 0. The lowest BCUT2D eigenvalue weighted by atomic mass is 9.74. The number of carbonyl (C=O) groups is 2. The Morgan fingerprint density at radius 1 is 1.16 bits per heavy atom. The first kappa shape index (κ1) is 14.4. The van der Waals surface area contributed by atoms with E-state index in [-0.39, 0.29) is 11.9 Å². The van der Waals surface area contributed by atoms with Crippen molar-refractivity contribution in [1.29, 1.82) is 0 Å². The minimum absolute atomic E-state index is 0.240. The Morgan fingerprint density at radius 2 is 1.79 bits per heavy atom. The summed E-state index contributed by atoms with van der Waals surface area (Å²) in [6.07, 6.45) is 5.91. The van der Waals surface area contributed by atoms with Crippen LogP contribution < -0.4 is 0 Å². The third kappa shape index (κ3) is 2.93. The zero-order valence-electron chi connectivity index (χ0n) is 12.3. The molecule has 4 nitrogen and oxygen atoms in total. The number of ether oxygens (including phenoxy) is 1. The Balaban J connectivity index is 2.20. The van der Waals surface area contributed by atoms with E-state index in [4.69, 9.17) is 4.74 Å². The van der Waals surface area contributed by atoms with Gasteiger partial charge in [-0.05, 0) is 40.0 Å². The van der Waals surface area contributed by atoms with E-state index in [9.17, 15) is 9.59 Å². The first-order valence-corrected chi connectivity index (χ1v) is 7.39. The van der Waals surface area contributed by atoms with E-state index in [1.54, 1.807) is 4.90 Å². The summed E-state index contributed by atoms with van der Waals surface area (Å²) in [4.78, 5) is 26.5. The van der Waals surface area contributed by atoms with Gasteiger partial charge in [0, 0.05) is 13.0 Å². The molecule has 0 bridgehead atoms. The second kappa shape index (κ2) is 5.14. The van der Waals surface area contributed by atoms with Crippen molar-refractivity contribution in [3.63, 3.8) is 0 Å². The largest absolute Gasteiger partial charge is 0.444 e. The van der Waals surface area contributed by atoms with Gasteiger partial charge in [0.05, 0.1) is 0 Å². The van der Waals surface area contributed by atoms with Gasteiger partial charge in [0.1, 0.15) is 11.1 Å². The molecule has 4 heteroatoms. The smallest absolute Gasteiger partial charge is 0.411 e. The molecule has 1 aliphatic carbocycles. The van der Waals surface area contributed by atoms with Gasteiger partial charge in [-0.3, -0.25) is 9.69 Å². The van der Waals surface area contributed by atoms with Gasteiger partial charge < -0.3 is 4.74 Å². The molecule has 0 atom stereocenters. The SMILES string of the molecule is CC(C)(C)OC(=O)N1CCCC(=O)C12CCCCC2. The van der Waals surface area contributed by atoms with Crippen molar-refractivity contribution in [3.8, 4) is 0 Å². The number of likely N-dealkylation sites (tertiary alicyclic amines) is 1. The first-order chi connectivity index (χ1) is 8.85. The van der Waals surface area contributed by atoms with E-state index in [2.05, 4.69) is 0 Å². The standard InChI is InChI=1S/C15H25NO3/c1-14(2,3)19-13(18)16-11-7-8-12(17)15(16)9-5-4-6-10-15/h4-11H2,1-3H3. The minimum Gasteiger partial charge on any atom is -0.444 e. The van der Waals surface area contributed by atoms with Crippen LogP contribution in [0.1, 0.15) is 65.7 Å². The minimum atomic E-state index is -0.557. The molecule has 0 aromatic carbocycles. The van der Waals surface area contributed by atoms with Crippen LogP contribution in [0.5, 0.6) is 0 Å². The van der Waals surface area contributed by atoms with Crippen LogP contribution in [-0.4, -0.2) is 34.5 Å². The third-order valence-electron chi connectivity index (χ3n) is 4.12. The summed E-state index contributed by atoms with van der Waals surface area (Å²) in [6, 6.07) is 0. The molecule has 1 saturated carbocycles. The second-order valence-corrected chi connectivity index (χ2v) is 6.75. The fraction of sp³-hybridized carbons (Fsp3) is 0.867.